The molecule has 0 atom stereocenters. The average Bonchev–Trinajstić information content (AvgIpc) is 2.95. The minimum absolute atomic E-state index is 0.0812. The number of ether oxygens (including phenoxy) is 1. The van der Waals surface area contributed by atoms with Crippen LogP contribution in [0.25, 0.3) is 22.6 Å². The Balaban J connectivity index is 2.16. The summed E-state index contributed by atoms with van der Waals surface area (Å²) in [4.78, 5) is 9.05. The Morgan fingerprint density at radius 1 is 1.23 bits per heavy atom. The highest BCUT2D eigenvalue weighted by Gasteiger charge is 2.20. The number of hydrogen-bond acceptors (Lipinski definition) is 7. The first-order chi connectivity index (χ1) is 12.4. The van der Waals surface area contributed by atoms with Gasteiger partial charge in [-0.1, -0.05) is 16.8 Å². The topological polar surface area (TPSA) is 107 Å². The van der Waals surface area contributed by atoms with Gasteiger partial charge in [-0.2, -0.15) is 0 Å². The summed E-state index contributed by atoms with van der Waals surface area (Å²) in [5.41, 5.74) is 9.62. The fourth-order valence-corrected chi connectivity index (χ4v) is 2.85. The molecule has 0 fully saturated rings. The van der Waals surface area contributed by atoms with Crippen LogP contribution in [0.4, 0.5) is 5.82 Å². The molecule has 1 aromatic carbocycles. The van der Waals surface area contributed by atoms with Gasteiger partial charge in [0.1, 0.15) is 23.9 Å². The maximum Gasteiger partial charge on any atom is 0.163 e. The van der Waals surface area contributed by atoms with Crippen LogP contribution >= 0.6 is 11.6 Å². The van der Waals surface area contributed by atoms with Crippen LogP contribution in [-0.2, 0) is 0 Å². The standard InChI is InChI=1S/C18H19ClN4O3/c1-9-16(15-10(2)23-26-11(15)3)21-18(22-17(9)20)13-8-12(25-7-6-24)4-5-14(13)19/h4-5,8,24H,6-7H2,1-3H3,(H2,20,21,22). The molecule has 3 aromatic rings. The lowest BCUT2D eigenvalue weighted by Gasteiger charge is -2.12. The molecule has 0 aliphatic heterocycles. The number of aliphatic hydroxyl groups excluding tert-OH is 1. The van der Waals surface area contributed by atoms with Gasteiger partial charge in [-0.25, -0.2) is 9.97 Å². The molecule has 0 saturated carbocycles. The number of nitrogens with zero attached hydrogens (tertiary/aromatic N) is 3. The summed E-state index contributed by atoms with van der Waals surface area (Å²) in [6, 6.07) is 5.13. The minimum atomic E-state index is -0.0812. The van der Waals surface area contributed by atoms with E-state index in [9.17, 15) is 0 Å². The molecule has 0 aliphatic rings. The van der Waals surface area contributed by atoms with Gasteiger partial charge in [0.2, 0.25) is 0 Å². The van der Waals surface area contributed by atoms with Crippen LogP contribution in [-0.4, -0.2) is 33.4 Å². The van der Waals surface area contributed by atoms with E-state index < -0.39 is 0 Å². The van der Waals surface area contributed by atoms with E-state index in [1.54, 1.807) is 18.2 Å². The SMILES string of the molecule is Cc1noc(C)c1-c1nc(-c2cc(OCCO)ccc2Cl)nc(N)c1C. The Bertz CT molecular complexity index is 936. The Morgan fingerprint density at radius 2 is 2.00 bits per heavy atom. The molecule has 2 aromatic heterocycles. The smallest absolute Gasteiger partial charge is 0.163 e. The van der Waals surface area contributed by atoms with Crippen molar-refractivity contribution in [3.63, 3.8) is 0 Å². The summed E-state index contributed by atoms with van der Waals surface area (Å²) >= 11 is 6.34. The van der Waals surface area contributed by atoms with Crippen LogP contribution in [0.2, 0.25) is 5.02 Å². The van der Waals surface area contributed by atoms with E-state index in [4.69, 9.17) is 31.7 Å². The zero-order valence-corrected chi connectivity index (χ0v) is 15.5. The van der Waals surface area contributed by atoms with Crippen molar-refractivity contribution in [3.05, 3.63) is 40.2 Å². The third-order valence-electron chi connectivity index (χ3n) is 3.99. The second-order valence-electron chi connectivity index (χ2n) is 5.82. The average molecular weight is 375 g/mol. The molecule has 136 valence electrons. The largest absolute Gasteiger partial charge is 0.491 e. The van der Waals surface area contributed by atoms with Gasteiger partial charge in [0.25, 0.3) is 0 Å². The van der Waals surface area contributed by atoms with Crippen molar-refractivity contribution in [2.45, 2.75) is 20.8 Å². The fraction of sp³-hybridized carbons (Fsp3) is 0.278. The third kappa shape index (κ3) is 3.36. The molecule has 26 heavy (non-hydrogen) atoms. The first kappa shape index (κ1) is 18.2. The van der Waals surface area contributed by atoms with Crippen molar-refractivity contribution < 1.29 is 14.4 Å². The third-order valence-corrected chi connectivity index (χ3v) is 4.32. The molecule has 0 spiro atoms. The van der Waals surface area contributed by atoms with Gasteiger partial charge < -0.3 is 20.1 Å². The van der Waals surface area contributed by atoms with E-state index in [-0.39, 0.29) is 13.2 Å². The Kier molecular flexibility index (Phi) is 5.11. The van der Waals surface area contributed by atoms with Crippen molar-refractivity contribution in [1.29, 1.82) is 0 Å². The molecule has 2 heterocycles. The number of anilines is 1. The Morgan fingerprint density at radius 3 is 2.65 bits per heavy atom. The molecule has 0 saturated heterocycles. The molecule has 7 nitrogen and oxygen atoms in total. The number of benzene rings is 1. The number of nitrogen functional groups attached to an aromatic ring is 1. The minimum Gasteiger partial charge on any atom is -0.491 e. The number of aliphatic hydroxyl groups is 1. The molecular formula is C18H19ClN4O3. The predicted molar refractivity (Wildman–Crippen MR) is 99.2 cm³/mol. The number of hydrogen-bond donors (Lipinski definition) is 2. The second-order valence-corrected chi connectivity index (χ2v) is 6.23. The van der Waals surface area contributed by atoms with E-state index in [2.05, 4.69) is 15.1 Å². The molecule has 8 heteroatoms. The summed E-state index contributed by atoms with van der Waals surface area (Å²) in [6.07, 6.45) is 0. The fourth-order valence-electron chi connectivity index (χ4n) is 2.65. The summed E-state index contributed by atoms with van der Waals surface area (Å²) in [6.45, 7) is 5.62. The number of rotatable bonds is 5. The highest BCUT2D eigenvalue weighted by molar-refractivity contribution is 6.33. The Hall–Kier alpha value is -2.64. The second kappa shape index (κ2) is 7.31. The molecule has 0 amide bonds. The highest BCUT2D eigenvalue weighted by Crippen LogP contribution is 2.35. The van der Waals surface area contributed by atoms with Crippen molar-refractivity contribution in [2.24, 2.45) is 0 Å². The lowest BCUT2D eigenvalue weighted by atomic mass is 10.1. The first-order valence-electron chi connectivity index (χ1n) is 8.03. The molecule has 0 radical (unpaired) electrons. The van der Waals surface area contributed by atoms with Gasteiger partial charge >= 0.3 is 0 Å². The van der Waals surface area contributed by atoms with Crippen LogP contribution in [0.1, 0.15) is 17.0 Å². The van der Waals surface area contributed by atoms with Crippen molar-refractivity contribution in [1.82, 2.24) is 15.1 Å². The van der Waals surface area contributed by atoms with Crippen molar-refractivity contribution >= 4 is 17.4 Å². The number of nitrogens with two attached hydrogens (primary N) is 1. The quantitative estimate of drug-likeness (QED) is 0.705. The lowest BCUT2D eigenvalue weighted by molar-refractivity contribution is 0.201. The number of aromatic nitrogens is 3. The predicted octanol–water partition coefficient (Wildman–Crippen LogP) is 3.33. The normalized spacial score (nSPS) is 11.0. The van der Waals surface area contributed by atoms with Crippen LogP contribution in [0, 0.1) is 20.8 Å². The van der Waals surface area contributed by atoms with Gasteiger partial charge in [-0.3, -0.25) is 0 Å². The summed E-state index contributed by atoms with van der Waals surface area (Å²) in [5.74, 6) is 1.94. The van der Waals surface area contributed by atoms with Crippen LogP contribution in [0.3, 0.4) is 0 Å². The molecule has 0 bridgehead atoms. The van der Waals surface area contributed by atoms with Gasteiger partial charge in [0.05, 0.1) is 28.6 Å². The molecular weight excluding hydrogens is 356 g/mol. The van der Waals surface area contributed by atoms with Crippen molar-refractivity contribution in [3.8, 4) is 28.4 Å². The molecule has 3 N–H and O–H groups in total. The molecule has 0 aliphatic carbocycles. The maximum atomic E-state index is 8.92. The summed E-state index contributed by atoms with van der Waals surface area (Å²) < 4.78 is 10.7. The van der Waals surface area contributed by atoms with E-state index in [1.165, 1.54) is 0 Å². The molecule has 3 rings (SSSR count). The van der Waals surface area contributed by atoms with Gasteiger partial charge in [0, 0.05) is 11.1 Å². The van der Waals surface area contributed by atoms with Gasteiger partial charge in [0.15, 0.2) is 5.82 Å². The summed E-state index contributed by atoms with van der Waals surface area (Å²) in [5, 5.41) is 13.4. The Labute approximate surface area is 155 Å². The summed E-state index contributed by atoms with van der Waals surface area (Å²) in [7, 11) is 0. The lowest BCUT2D eigenvalue weighted by Crippen LogP contribution is -2.04. The van der Waals surface area contributed by atoms with Crippen molar-refractivity contribution in [2.75, 3.05) is 18.9 Å². The maximum absolute atomic E-state index is 8.92. The van der Waals surface area contributed by atoms with Crippen LogP contribution < -0.4 is 10.5 Å². The van der Waals surface area contributed by atoms with Crippen LogP contribution in [0.15, 0.2) is 22.7 Å². The number of aryl methyl sites for hydroxylation is 2. The van der Waals surface area contributed by atoms with Gasteiger partial charge in [-0.05, 0) is 39.0 Å². The highest BCUT2D eigenvalue weighted by atomic mass is 35.5. The number of halogens is 1. The molecule has 0 unspecified atom stereocenters. The van der Waals surface area contributed by atoms with E-state index >= 15 is 0 Å². The van der Waals surface area contributed by atoms with E-state index in [0.717, 1.165) is 16.8 Å². The van der Waals surface area contributed by atoms with Crippen LogP contribution in [0.5, 0.6) is 5.75 Å². The van der Waals surface area contributed by atoms with Gasteiger partial charge in [-0.15, -0.1) is 0 Å². The van der Waals surface area contributed by atoms with E-state index in [0.29, 0.717) is 39.4 Å². The first-order valence-corrected chi connectivity index (χ1v) is 8.41. The van der Waals surface area contributed by atoms with E-state index in [1.807, 2.05) is 20.8 Å². The zero-order chi connectivity index (χ0) is 18.8. The monoisotopic (exact) mass is 374 g/mol. The zero-order valence-electron chi connectivity index (χ0n) is 14.7.